The van der Waals surface area contributed by atoms with Gasteiger partial charge in [0, 0.05) is 30.3 Å². The summed E-state index contributed by atoms with van der Waals surface area (Å²) >= 11 is 18.2. The van der Waals surface area contributed by atoms with Gasteiger partial charge in [0.15, 0.2) is 0 Å². The highest BCUT2D eigenvalue weighted by molar-refractivity contribution is 6.35. The Balaban J connectivity index is 1.87. The Hall–Kier alpha value is -1.46. The Morgan fingerprint density at radius 2 is 1.80 bits per heavy atom. The maximum absolute atomic E-state index is 6.17. The van der Waals surface area contributed by atoms with Crippen LogP contribution in [0.15, 0.2) is 36.4 Å². The van der Waals surface area contributed by atoms with E-state index in [2.05, 4.69) is 9.55 Å². The molecule has 0 amide bonds. The lowest BCUT2D eigenvalue weighted by atomic mass is 10.3. The molecule has 0 aliphatic rings. The number of ether oxygens (including phenoxy) is 2. The van der Waals surface area contributed by atoms with E-state index in [1.165, 1.54) is 0 Å². The molecule has 0 bridgehead atoms. The van der Waals surface area contributed by atoms with Crippen molar-refractivity contribution in [3.8, 4) is 5.75 Å². The fraction of sp³-hybridized carbons (Fsp3) is 0.278. The summed E-state index contributed by atoms with van der Waals surface area (Å²) in [6, 6.07) is 10.8. The summed E-state index contributed by atoms with van der Waals surface area (Å²) in [4.78, 5) is 4.66. The molecule has 1 heterocycles. The molecular weight excluding hydrogens is 383 g/mol. The van der Waals surface area contributed by atoms with Crippen LogP contribution in [-0.2, 0) is 17.9 Å². The zero-order valence-electron chi connectivity index (χ0n) is 13.6. The number of hydrogen-bond donors (Lipinski definition) is 0. The van der Waals surface area contributed by atoms with Crippen LogP contribution < -0.4 is 4.74 Å². The molecular formula is C18H17Cl3N2O2. The monoisotopic (exact) mass is 398 g/mol. The minimum atomic E-state index is 0.292. The first-order valence-corrected chi connectivity index (χ1v) is 8.93. The number of methoxy groups -OCH3 is 1. The predicted octanol–water partition coefficient (Wildman–Crippen LogP) is 5.61. The average molecular weight is 400 g/mol. The molecule has 0 radical (unpaired) electrons. The van der Waals surface area contributed by atoms with Crippen LogP contribution in [0.4, 0.5) is 0 Å². The van der Waals surface area contributed by atoms with Gasteiger partial charge >= 0.3 is 0 Å². The van der Waals surface area contributed by atoms with Gasteiger partial charge in [0.05, 0.1) is 16.1 Å². The van der Waals surface area contributed by atoms with Gasteiger partial charge in [0.25, 0.3) is 0 Å². The number of aryl methyl sites for hydroxylation is 1. The second-order valence-corrected chi connectivity index (χ2v) is 6.80. The molecule has 0 atom stereocenters. The third kappa shape index (κ3) is 4.39. The molecule has 4 nitrogen and oxygen atoms in total. The van der Waals surface area contributed by atoms with E-state index in [0.29, 0.717) is 34.0 Å². The minimum absolute atomic E-state index is 0.292. The van der Waals surface area contributed by atoms with Gasteiger partial charge in [0.2, 0.25) is 0 Å². The van der Waals surface area contributed by atoms with Crippen molar-refractivity contribution in [1.82, 2.24) is 9.55 Å². The van der Waals surface area contributed by atoms with Crippen LogP contribution in [-0.4, -0.2) is 23.3 Å². The summed E-state index contributed by atoms with van der Waals surface area (Å²) in [5, 5.41) is 1.71. The molecule has 0 saturated carbocycles. The van der Waals surface area contributed by atoms with Gasteiger partial charge in [-0.1, -0.05) is 34.8 Å². The number of nitrogens with zero attached hydrogens (tertiary/aromatic N) is 2. The van der Waals surface area contributed by atoms with E-state index >= 15 is 0 Å². The van der Waals surface area contributed by atoms with Crippen LogP contribution in [0.25, 0.3) is 11.0 Å². The molecule has 3 rings (SSSR count). The SMILES string of the molecule is COCCCn1c(COc2ccc(Cl)cc2Cl)nc2ccc(Cl)cc21. The smallest absolute Gasteiger partial charge is 0.148 e. The summed E-state index contributed by atoms with van der Waals surface area (Å²) < 4.78 is 13.1. The zero-order valence-corrected chi connectivity index (χ0v) is 15.9. The number of imidazole rings is 1. The summed E-state index contributed by atoms with van der Waals surface area (Å²) in [5.41, 5.74) is 1.85. The highest BCUT2D eigenvalue weighted by atomic mass is 35.5. The van der Waals surface area contributed by atoms with Crippen molar-refractivity contribution in [2.45, 2.75) is 19.6 Å². The third-order valence-electron chi connectivity index (χ3n) is 3.77. The molecule has 1 aromatic heterocycles. The Labute approximate surface area is 161 Å². The highest BCUT2D eigenvalue weighted by Gasteiger charge is 2.13. The molecule has 0 spiro atoms. The van der Waals surface area contributed by atoms with E-state index in [1.54, 1.807) is 25.3 Å². The molecule has 0 aliphatic carbocycles. The summed E-state index contributed by atoms with van der Waals surface area (Å²) in [6.07, 6.45) is 0.864. The number of fused-ring (bicyclic) bond motifs is 1. The van der Waals surface area contributed by atoms with Crippen LogP contribution in [0, 0.1) is 0 Å². The van der Waals surface area contributed by atoms with E-state index in [1.807, 2.05) is 18.2 Å². The van der Waals surface area contributed by atoms with Crippen molar-refractivity contribution >= 4 is 45.8 Å². The quantitative estimate of drug-likeness (QED) is 0.484. The standard InChI is InChI=1S/C18H17Cl3N2O2/c1-24-8-2-7-23-16-10-13(20)3-5-15(16)22-18(23)11-25-17-6-4-12(19)9-14(17)21/h3-6,9-10H,2,7-8,11H2,1H3. The zero-order chi connectivity index (χ0) is 17.8. The Bertz CT molecular complexity index is 880. The Kier molecular flexibility index (Phi) is 6.07. The normalized spacial score (nSPS) is 11.2. The van der Waals surface area contributed by atoms with Crippen molar-refractivity contribution in [3.63, 3.8) is 0 Å². The number of halogens is 3. The molecule has 2 aromatic carbocycles. The van der Waals surface area contributed by atoms with E-state index in [9.17, 15) is 0 Å². The number of rotatable bonds is 7. The van der Waals surface area contributed by atoms with E-state index < -0.39 is 0 Å². The predicted molar refractivity (Wildman–Crippen MR) is 102 cm³/mol. The fourth-order valence-electron chi connectivity index (χ4n) is 2.61. The number of hydrogen-bond acceptors (Lipinski definition) is 3. The number of benzene rings is 2. The lowest BCUT2D eigenvalue weighted by molar-refractivity contribution is 0.189. The van der Waals surface area contributed by atoms with Crippen LogP contribution in [0.2, 0.25) is 15.1 Å². The second kappa shape index (κ2) is 8.28. The van der Waals surface area contributed by atoms with Gasteiger partial charge in [-0.05, 0) is 42.8 Å². The van der Waals surface area contributed by atoms with Gasteiger partial charge in [-0.2, -0.15) is 0 Å². The van der Waals surface area contributed by atoms with E-state index in [0.717, 1.165) is 29.8 Å². The van der Waals surface area contributed by atoms with Gasteiger partial charge in [-0.25, -0.2) is 4.98 Å². The van der Waals surface area contributed by atoms with Crippen molar-refractivity contribution in [2.75, 3.05) is 13.7 Å². The minimum Gasteiger partial charge on any atom is -0.484 e. The second-order valence-electron chi connectivity index (χ2n) is 5.52. The van der Waals surface area contributed by atoms with Crippen LogP contribution in [0.5, 0.6) is 5.75 Å². The van der Waals surface area contributed by atoms with Crippen molar-refractivity contribution in [2.24, 2.45) is 0 Å². The molecule has 0 aliphatic heterocycles. The van der Waals surface area contributed by atoms with Gasteiger partial charge < -0.3 is 14.0 Å². The van der Waals surface area contributed by atoms with Gasteiger partial charge in [-0.15, -0.1) is 0 Å². The topological polar surface area (TPSA) is 36.3 Å². The Morgan fingerprint density at radius 3 is 2.56 bits per heavy atom. The van der Waals surface area contributed by atoms with E-state index in [4.69, 9.17) is 44.3 Å². The molecule has 0 saturated heterocycles. The van der Waals surface area contributed by atoms with Crippen molar-refractivity contribution < 1.29 is 9.47 Å². The van der Waals surface area contributed by atoms with Crippen molar-refractivity contribution in [1.29, 1.82) is 0 Å². The summed E-state index contributed by atoms with van der Waals surface area (Å²) in [7, 11) is 1.69. The molecule has 7 heteroatoms. The first kappa shape index (κ1) is 18.3. The maximum atomic E-state index is 6.17. The first-order valence-electron chi connectivity index (χ1n) is 7.80. The molecule has 132 valence electrons. The molecule has 25 heavy (non-hydrogen) atoms. The van der Waals surface area contributed by atoms with E-state index in [-0.39, 0.29) is 0 Å². The third-order valence-corrected chi connectivity index (χ3v) is 4.54. The average Bonchev–Trinajstić information content (AvgIpc) is 2.91. The van der Waals surface area contributed by atoms with Crippen LogP contribution >= 0.6 is 34.8 Å². The molecule has 0 unspecified atom stereocenters. The maximum Gasteiger partial charge on any atom is 0.148 e. The molecule has 0 N–H and O–H groups in total. The Morgan fingerprint density at radius 1 is 1.04 bits per heavy atom. The van der Waals surface area contributed by atoms with Gasteiger partial charge in [0.1, 0.15) is 18.2 Å². The summed E-state index contributed by atoms with van der Waals surface area (Å²) in [6.45, 7) is 1.72. The summed E-state index contributed by atoms with van der Waals surface area (Å²) in [5.74, 6) is 1.37. The first-order chi connectivity index (χ1) is 12.1. The van der Waals surface area contributed by atoms with Crippen molar-refractivity contribution in [3.05, 3.63) is 57.3 Å². The molecule has 0 fully saturated rings. The van der Waals surface area contributed by atoms with Crippen LogP contribution in [0.1, 0.15) is 12.2 Å². The lowest BCUT2D eigenvalue weighted by Gasteiger charge is -2.11. The van der Waals surface area contributed by atoms with Crippen LogP contribution in [0.3, 0.4) is 0 Å². The lowest BCUT2D eigenvalue weighted by Crippen LogP contribution is -2.09. The largest absolute Gasteiger partial charge is 0.484 e. The number of aromatic nitrogens is 2. The van der Waals surface area contributed by atoms with Gasteiger partial charge in [-0.3, -0.25) is 0 Å². The fourth-order valence-corrected chi connectivity index (χ4v) is 3.24. The highest BCUT2D eigenvalue weighted by Crippen LogP contribution is 2.29. The molecule has 3 aromatic rings.